The molecule has 1 aliphatic rings. The van der Waals surface area contributed by atoms with Gasteiger partial charge in [0.2, 0.25) is 0 Å². The first-order chi connectivity index (χ1) is 2.93. The molecule has 1 aliphatic heterocycles. The molecule has 1 N–H and O–H groups in total. The number of hydrogen-bond acceptors (Lipinski definition) is 1. The van der Waals surface area contributed by atoms with Crippen LogP contribution in [0.3, 0.4) is 0 Å². The van der Waals surface area contributed by atoms with Gasteiger partial charge in [0.1, 0.15) is 0 Å². The monoisotopic (exact) mass is 172 g/mol. The third-order valence-electron chi connectivity index (χ3n) is 1.10. The van der Waals surface area contributed by atoms with Crippen molar-refractivity contribution in [1.29, 1.82) is 0 Å². The van der Waals surface area contributed by atoms with Gasteiger partial charge in [-0.2, -0.15) is 5.92 Å². The van der Waals surface area contributed by atoms with Crippen molar-refractivity contribution in [1.82, 2.24) is 5.32 Å². The minimum atomic E-state index is 0. The molecule has 0 aromatic rings. The van der Waals surface area contributed by atoms with Crippen LogP contribution in [0, 0.1) is 19.4 Å². The molecule has 1 unspecified atom stereocenters. The SMILES string of the molecule is [CH2-]CC1[CH-]NC1.[Y]. The van der Waals surface area contributed by atoms with Crippen LogP contribution in [0.15, 0.2) is 0 Å². The summed E-state index contributed by atoms with van der Waals surface area (Å²) in [7, 11) is 0. The Labute approximate surface area is 70.1 Å². The van der Waals surface area contributed by atoms with Gasteiger partial charge in [-0.25, -0.2) is 6.42 Å². The fourth-order valence-electron chi connectivity index (χ4n) is 0.470. The summed E-state index contributed by atoms with van der Waals surface area (Å²) >= 11 is 0. The van der Waals surface area contributed by atoms with E-state index in [1.807, 2.05) is 0 Å². The molecule has 1 radical (unpaired) electrons. The van der Waals surface area contributed by atoms with Crippen LogP contribution in [0.4, 0.5) is 0 Å². The van der Waals surface area contributed by atoms with Gasteiger partial charge in [-0.05, 0) is 0 Å². The van der Waals surface area contributed by atoms with Gasteiger partial charge >= 0.3 is 0 Å². The van der Waals surface area contributed by atoms with Gasteiger partial charge in [-0.1, -0.05) is 6.54 Å². The normalized spacial score (nSPS) is 27.9. The molecule has 1 rings (SSSR count). The smallest absolute Gasteiger partial charge is 0 e. The van der Waals surface area contributed by atoms with Gasteiger partial charge in [-0.3, -0.25) is 6.54 Å². The van der Waals surface area contributed by atoms with Gasteiger partial charge in [0, 0.05) is 32.7 Å². The van der Waals surface area contributed by atoms with Gasteiger partial charge in [0.05, 0.1) is 0 Å². The average Bonchev–Trinajstić information content (AvgIpc) is 1.31. The van der Waals surface area contributed by atoms with Crippen LogP contribution < -0.4 is 5.32 Å². The van der Waals surface area contributed by atoms with Crippen LogP contribution in [0.1, 0.15) is 6.42 Å². The summed E-state index contributed by atoms with van der Waals surface area (Å²) in [6, 6.07) is 0. The molecular weight excluding hydrogens is 163 g/mol. The van der Waals surface area contributed by atoms with Crippen molar-refractivity contribution < 1.29 is 32.7 Å². The molecule has 1 saturated heterocycles. The van der Waals surface area contributed by atoms with Crippen LogP contribution in [0.5, 0.6) is 0 Å². The second kappa shape index (κ2) is 3.99. The number of nitrogens with one attached hydrogen (secondary N) is 1. The quantitative estimate of drug-likeness (QED) is 0.570. The summed E-state index contributed by atoms with van der Waals surface area (Å²) in [5, 5.41) is 3.05. The van der Waals surface area contributed by atoms with E-state index < -0.39 is 0 Å². The number of rotatable bonds is 1. The third kappa shape index (κ3) is 2.20. The van der Waals surface area contributed by atoms with Crippen molar-refractivity contribution in [2.75, 3.05) is 6.54 Å². The van der Waals surface area contributed by atoms with Gasteiger partial charge in [-0.15, -0.1) is 0 Å². The summed E-state index contributed by atoms with van der Waals surface area (Å²) < 4.78 is 0. The molecule has 1 atom stereocenters. The van der Waals surface area contributed by atoms with E-state index in [4.69, 9.17) is 0 Å². The molecule has 0 amide bonds. The minimum absolute atomic E-state index is 0. The summed E-state index contributed by atoms with van der Waals surface area (Å²) in [4.78, 5) is 0. The van der Waals surface area contributed by atoms with E-state index in [9.17, 15) is 0 Å². The van der Waals surface area contributed by atoms with E-state index in [2.05, 4.69) is 18.8 Å². The molecule has 39 valence electrons. The molecule has 0 aromatic heterocycles. The number of hydrogen-bond donors (Lipinski definition) is 1. The van der Waals surface area contributed by atoms with Crippen LogP contribution in [-0.4, -0.2) is 6.54 Å². The zero-order valence-corrected chi connectivity index (χ0v) is 7.19. The predicted octanol–water partition coefficient (Wildman–Crippen LogP) is 0.589. The molecule has 2 heteroatoms. The maximum atomic E-state index is 3.74. The molecule has 0 saturated carbocycles. The van der Waals surface area contributed by atoms with Crippen LogP contribution in [0.25, 0.3) is 0 Å². The van der Waals surface area contributed by atoms with Crippen molar-refractivity contribution >= 4 is 0 Å². The summed E-state index contributed by atoms with van der Waals surface area (Å²) in [5.41, 5.74) is 0. The fourth-order valence-corrected chi connectivity index (χ4v) is 0.470. The Bertz CT molecular complexity index is 40.6. The summed E-state index contributed by atoms with van der Waals surface area (Å²) in [5.74, 6) is 0.769. The molecule has 0 spiro atoms. The molecular formula is C5H9NY-2. The zero-order chi connectivity index (χ0) is 4.41. The summed E-state index contributed by atoms with van der Waals surface area (Å²) in [6.07, 6.45) is 1.05. The Morgan fingerprint density at radius 3 is 2.43 bits per heavy atom. The largest absolute Gasteiger partial charge is 0.472 e. The molecule has 7 heavy (non-hydrogen) atoms. The minimum Gasteiger partial charge on any atom is -0.472 e. The van der Waals surface area contributed by atoms with E-state index in [0.29, 0.717) is 0 Å². The fraction of sp³-hybridized carbons (Fsp3) is 0.600. The van der Waals surface area contributed by atoms with Gasteiger partial charge < -0.3 is 12.2 Å². The second-order valence-corrected chi connectivity index (χ2v) is 1.62. The van der Waals surface area contributed by atoms with Gasteiger partial charge in [0.15, 0.2) is 0 Å². The van der Waals surface area contributed by atoms with Crippen molar-refractivity contribution in [2.24, 2.45) is 5.92 Å². The maximum Gasteiger partial charge on any atom is 0 e. The second-order valence-electron chi connectivity index (χ2n) is 1.62. The zero-order valence-electron chi connectivity index (χ0n) is 4.35. The third-order valence-corrected chi connectivity index (χ3v) is 1.10. The van der Waals surface area contributed by atoms with Crippen LogP contribution in [-0.2, 0) is 32.7 Å². The molecule has 0 aromatic carbocycles. The van der Waals surface area contributed by atoms with E-state index >= 15 is 0 Å². The van der Waals surface area contributed by atoms with E-state index in [-0.39, 0.29) is 32.7 Å². The first kappa shape index (κ1) is 8.06. The van der Waals surface area contributed by atoms with Crippen molar-refractivity contribution in [2.45, 2.75) is 6.42 Å². The standard InChI is InChI=1S/C5H9N.Y/c1-2-5-3-6-4-5;/h3,5-6H,1-2,4H2;/q-2;. The van der Waals surface area contributed by atoms with Crippen LogP contribution in [0.2, 0.25) is 0 Å². The topological polar surface area (TPSA) is 12.0 Å². The van der Waals surface area contributed by atoms with E-state index in [1.54, 1.807) is 0 Å². The van der Waals surface area contributed by atoms with Gasteiger partial charge in [0.25, 0.3) is 0 Å². The van der Waals surface area contributed by atoms with E-state index in [0.717, 1.165) is 18.9 Å². The first-order valence-corrected chi connectivity index (χ1v) is 2.29. The van der Waals surface area contributed by atoms with Crippen molar-refractivity contribution in [3.8, 4) is 0 Å². The Kier molecular flexibility index (Phi) is 4.60. The summed E-state index contributed by atoms with van der Waals surface area (Å²) in [6.45, 7) is 6.97. The molecule has 1 heterocycles. The molecule has 1 fully saturated rings. The Balaban J connectivity index is 0.000000360. The van der Waals surface area contributed by atoms with Crippen molar-refractivity contribution in [3.05, 3.63) is 13.5 Å². The molecule has 0 aliphatic carbocycles. The molecule has 1 nitrogen and oxygen atoms in total. The average molecular weight is 172 g/mol. The Morgan fingerprint density at radius 1 is 1.86 bits per heavy atom. The van der Waals surface area contributed by atoms with Crippen LogP contribution >= 0.6 is 0 Å². The maximum absolute atomic E-state index is 3.74. The predicted molar refractivity (Wildman–Crippen MR) is 25.8 cm³/mol. The Hall–Kier alpha value is 1.06. The molecule has 0 bridgehead atoms. The van der Waals surface area contributed by atoms with E-state index in [1.165, 1.54) is 0 Å². The van der Waals surface area contributed by atoms with Crippen molar-refractivity contribution in [3.63, 3.8) is 0 Å². The first-order valence-electron chi connectivity index (χ1n) is 2.29. The Morgan fingerprint density at radius 2 is 2.43 bits per heavy atom.